The molecule has 3 heteroatoms. The second kappa shape index (κ2) is 4.25. The van der Waals surface area contributed by atoms with Crippen molar-refractivity contribution in [1.82, 2.24) is 0 Å². The summed E-state index contributed by atoms with van der Waals surface area (Å²) >= 11 is 0. The summed E-state index contributed by atoms with van der Waals surface area (Å²) in [5.74, 6) is 2.05. The van der Waals surface area contributed by atoms with Gasteiger partial charge in [0.15, 0.2) is 0 Å². The molecule has 128 valence electrons. The van der Waals surface area contributed by atoms with E-state index < -0.39 is 0 Å². The average Bonchev–Trinajstić information content (AvgIpc) is 3.26. The van der Waals surface area contributed by atoms with Crippen LogP contribution >= 0.6 is 0 Å². The van der Waals surface area contributed by atoms with Gasteiger partial charge in [0, 0.05) is 0 Å². The molecule has 6 aliphatic rings. The molecule has 7 rings (SSSR count). The predicted octanol–water partition coefficient (Wildman–Crippen LogP) is 3.80. The van der Waals surface area contributed by atoms with Crippen LogP contribution in [0.15, 0.2) is 41.5 Å². The minimum Gasteiger partial charge on any atom is -0.274 e. The summed E-state index contributed by atoms with van der Waals surface area (Å²) in [6, 6.07) is 9.49. The summed E-state index contributed by atoms with van der Waals surface area (Å²) < 4.78 is 0. The SMILES string of the molecule is CC1(C)[C@H]2CC3=C([C@H]4C[C@H]3[C@H]3C(=O)N(c5ccccc5)C(=O)[C@@H]34)[C@H]1C2. The van der Waals surface area contributed by atoms with Crippen molar-refractivity contribution in [2.24, 2.45) is 40.9 Å². The molecule has 5 aliphatic carbocycles. The lowest BCUT2D eigenvalue weighted by Gasteiger charge is -2.59. The first kappa shape index (κ1) is 14.3. The van der Waals surface area contributed by atoms with Crippen molar-refractivity contribution >= 4 is 17.5 Å². The smallest absolute Gasteiger partial charge is 0.238 e. The Hall–Kier alpha value is -1.90. The number of carbonyl (C=O) groups is 2. The predicted molar refractivity (Wildman–Crippen MR) is 94.5 cm³/mol. The second-order valence-electron chi connectivity index (χ2n) is 9.34. The van der Waals surface area contributed by atoms with Gasteiger partial charge in [-0.25, -0.2) is 0 Å². The van der Waals surface area contributed by atoms with E-state index in [1.807, 2.05) is 30.3 Å². The molecule has 4 bridgehead atoms. The van der Waals surface area contributed by atoms with Gasteiger partial charge in [-0.15, -0.1) is 0 Å². The van der Waals surface area contributed by atoms with Crippen molar-refractivity contribution in [3.63, 3.8) is 0 Å². The van der Waals surface area contributed by atoms with Crippen molar-refractivity contribution in [2.45, 2.75) is 33.1 Å². The molecule has 1 heterocycles. The first-order chi connectivity index (χ1) is 12.0. The average molecular weight is 333 g/mol. The van der Waals surface area contributed by atoms with Gasteiger partial charge in [0.25, 0.3) is 0 Å². The molecule has 0 unspecified atom stereocenters. The largest absolute Gasteiger partial charge is 0.274 e. The summed E-state index contributed by atoms with van der Waals surface area (Å²) in [6.07, 6.45) is 3.53. The summed E-state index contributed by atoms with van der Waals surface area (Å²) in [7, 11) is 0. The molecule has 0 radical (unpaired) electrons. The fraction of sp³-hybridized carbons (Fsp3) is 0.545. The molecule has 6 atom stereocenters. The summed E-state index contributed by atoms with van der Waals surface area (Å²) in [5, 5.41) is 0. The van der Waals surface area contributed by atoms with Gasteiger partial charge in [-0.1, -0.05) is 43.2 Å². The Bertz CT molecular complexity index is 852. The number of amides is 2. The molecule has 3 fully saturated rings. The van der Waals surface area contributed by atoms with Crippen LogP contribution < -0.4 is 4.90 Å². The van der Waals surface area contributed by atoms with Crippen LogP contribution in [0.5, 0.6) is 0 Å². The van der Waals surface area contributed by atoms with E-state index >= 15 is 0 Å². The number of fused-ring (bicyclic) bond motifs is 5. The van der Waals surface area contributed by atoms with E-state index in [-0.39, 0.29) is 23.7 Å². The van der Waals surface area contributed by atoms with Gasteiger partial charge in [-0.2, -0.15) is 0 Å². The number of imide groups is 1. The van der Waals surface area contributed by atoms with Crippen LogP contribution in [0.25, 0.3) is 0 Å². The molecule has 0 aromatic heterocycles. The summed E-state index contributed by atoms with van der Waals surface area (Å²) in [4.78, 5) is 27.9. The van der Waals surface area contributed by atoms with Crippen LogP contribution in [0.3, 0.4) is 0 Å². The van der Waals surface area contributed by atoms with Gasteiger partial charge in [0.05, 0.1) is 17.5 Å². The first-order valence-electron chi connectivity index (χ1n) is 9.66. The van der Waals surface area contributed by atoms with Gasteiger partial charge >= 0.3 is 0 Å². The Kier molecular flexibility index (Phi) is 2.43. The third-order valence-corrected chi connectivity index (χ3v) is 8.32. The molecule has 0 spiro atoms. The van der Waals surface area contributed by atoms with Crippen molar-refractivity contribution in [1.29, 1.82) is 0 Å². The van der Waals surface area contributed by atoms with Crippen LogP contribution in [-0.2, 0) is 9.59 Å². The molecule has 25 heavy (non-hydrogen) atoms. The molecule has 2 saturated carbocycles. The van der Waals surface area contributed by atoms with Crippen molar-refractivity contribution in [3.05, 3.63) is 41.5 Å². The third-order valence-electron chi connectivity index (χ3n) is 8.32. The molecule has 1 aromatic rings. The van der Waals surface area contributed by atoms with Crippen molar-refractivity contribution in [3.8, 4) is 0 Å². The van der Waals surface area contributed by atoms with E-state index in [0.717, 1.165) is 18.0 Å². The maximum Gasteiger partial charge on any atom is 0.238 e. The molecule has 1 saturated heterocycles. The monoisotopic (exact) mass is 333 g/mol. The number of anilines is 1. The highest BCUT2D eigenvalue weighted by atomic mass is 16.2. The molecule has 1 aromatic carbocycles. The molecule has 0 N–H and O–H groups in total. The van der Waals surface area contributed by atoms with E-state index in [1.54, 1.807) is 11.1 Å². The number of nitrogens with zero attached hydrogens (tertiary/aromatic N) is 1. The Labute approximate surface area is 148 Å². The minimum atomic E-state index is -0.0931. The normalized spacial score (nSPS) is 42.6. The zero-order chi connectivity index (χ0) is 17.1. The van der Waals surface area contributed by atoms with Crippen LogP contribution in [0.1, 0.15) is 33.1 Å². The maximum absolute atomic E-state index is 13.2. The summed E-state index contributed by atoms with van der Waals surface area (Å²) in [6.45, 7) is 4.80. The number of para-hydroxylation sites is 1. The lowest BCUT2D eigenvalue weighted by Crippen LogP contribution is -2.51. The van der Waals surface area contributed by atoms with E-state index in [4.69, 9.17) is 0 Å². The zero-order valence-corrected chi connectivity index (χ0v) is 14.7. The van der Waals surface area contributed by atoms with Crippen LogP contribution in [0.4, 0.5) is 5.69 Å². The van der Waals surface area contributed by atoms with Gasteiger partial charge in [-0.05, 0) is 60.5 Å². The van der Waals surface area contributed by atoms with Crippen molar-refractivity contribution < 1.29 is 9.59 Å². The number of hydrogen-bond donors (Lipinski definition) is 0. The number of carbonyl (C=O) groups excluding carboxylic acids is 2. The Balaban J connectivity index is 1.42. The highest BCUT2D eigenvalue weighted by Gasteiger charge is 2.68. The molecular weight excluding hydrogens is 310 g/mol. The Morgan fingerprint density at radius 2 is 1.64 bits per heavy atom. The maximum atomic E-state index is 13.2. The lowest BCUT2D eigenvalue weighted by atomic mass is 9.45. The second-order valence-corrected chi connectivity index (χ2v) is 9.34. The number of rotatable bonds is 1. The number of allylic oxidation sites excluding steroid dienone is 2. The minimum absolute atomic E-state index is 0.0544. The van der Waals surface area contributed by atoms with E-state index in [2.05, 4.69) is 13.8 Å². The van der Waals surface area contributed by atoms with Crippen LogP contribution in [0, 0.1) is 40.9 Å². The Morgan fingerprint density at radius 3 is 2.32 bits per heavy atom. The number of hydrogen-bond acceptors (Lipinski definition) is 2. The van der Waals surface area contributed by atoms with E-state index in [9.17, 15) is 9.59 Å². The molecular formula is C22H23NO2. The van der Waals surface area contributed by atoms with E-state index in [0.29, 0.717) is 23.2 Å². The fourth-order valence-corrected chi connectivity index (χ4v) is 7.00. The quantitative estimate of drug-likeness (QED) is 0.579. The lowest BCUT2D eigenvalue weighted by molar-refractivity contribution is -0.123. The Morgan fingerprint density at radius 1 is 0.960 bits per heavy atom. The topological polar surface area (TPSA) is 37.4 Å². The van der Waals surface area contributed by atoms with Gasteiger partial charge < -0.3 is 0 Å². The van der Waals surface area contributed by atoms with Gasteiger partial charge in [-0.3, -0.25) is 14.5 Å². The highest BCUT2D eigenvalue weighted by Crippen LogP contribution is 2.71. The summed E-state index contributed by atoms with van der Waals surface area (Å²) in [5.41, 5.74) is 4.33. The van der Waals surface area contributed by atoms with Crippen molar-refractivity contribution in [2.75, 3.05) is 4.90 Å². The standard InChI is InChI=1S/C22H23NO2/c1-22(2)11-8-13-14-10-15(17(13)16(22)9-11)19-18(14)20(24)23(21(19)25)12-6-4-3-5-7-12/h3-7,11,14-16,18-19H,8-10H2,1-2H3/t11-,14+,15+,16+,18+,19+/m0/s1. The van der Waals surface area contributed by atoms with Gasteiger partial charge in [0.1, 0.15) is 0 Å². The third kappa shape index (κ3) is 1.46. The first-order valence-corrected chi connectivity index (χ1v) is 9.66. The van der Waals surface area contributed by atoms with Crippen LogP contribution in [0.2, 0.25) is 0 Å². The van der Waals surface area contributed by atoms with Crippen LogP contribution in [-0.4, -0.2) is 11.8 Å². The molecule has 3 nitrogen and oxygen atoms in total. The highest BCUT2D eigenvalue weighted by molar-refractivity contribution is 6.23. The number of benzene rings is 1. The fourth-order valence-electron chi connectivity index (χ4n) is 7.00. The van der Waals surface area contributed by atoms with E-state index in [1.165, 1.54) is 17.7 Å². The zero-order valence-electron chi connectivity index (χ0n) is 14.7. The molecule has 1 aliphatic heterocycles. The van der Waals surface area contributed by atoms with Gasteiger partial charge in [0.2, 0.25) is 11.8 Å². The molecule has 2 amide bonds.